The van der Waals surface area contributed by atoms with Crippen molar-refractivity contribution in [3.63, 3.8) is 0 Å². The summed E-state index contributed by atoms with van der Waals surface area (Å²) in [4.78, 5) is 0.0662. The third-order valence-electron chi connectivity index (χ3n) is 4.77. The molecule has 0 bridgehead atoms. The largest absolute Gasteiger partial charge is 0.493 e. The van der Waals surface area contributed by atoms with Crippen LogP contribution < -0.4 is 9.46 Å². The first-order valence-electron chi connectivity index (χ1n) is 9.44. The van der Waals surface area contributed by atoms with E-state index in [1.807, 2.05) is 6.92 Å². The van der Waals surface area contributed by atoms with Gasteiger partial charge in [0.25, 0.3) is 10.0 Å². The molecule has 2 N–H and O–H groups in total. The number of sulfonamides is 1. The number of hydrogen-bond donors (Lipinski definition) is 2. The molecule has 1 aliphatic heterocycles. The first kappa shape index (κ1) is 20.6. The highest BCUT2D eigenvalue weighted by molar-refractivity contribution is 7.92. The molecule has 154 valence electrons. The molecule has 0 aliphatic carbocycles. The Bertz CT molecular complexity index is 904. The smallest absolute Gasteiger partial charge is 0.263 e. The molecule has 1 fully saturated rings. The predicted octanol–water partition coefficient (Wildman–Crippen LogP) is 2.31. The van der Waals surface area contributed by atoms with Gasteiger partial charge in [-0.3, -0.25) is 4.72 Å². The van der Waals surface area contributed by atoms with E-state index < -0.39 is 10.0 Å². The van der Waals surface area contributed by atoms with Gasteiger partial charge in [0.15, 0.2) is 0 Å². The van der Waals surface area contributed by atoms with Crippen molar-refractivity contribution in [2.75, 3.05) is 24.5 Å². The van der Waals surface area contributed by atoms with E-state index in [4.69, 9.17) is 9.47 Å². The van der Waals surface area contributed by atoms with E-state index in [9.17, 15) is 13.5 Å². The fourth-order valence-corrected chi connectivity index (χ4v) is 4.28. The first-order chi connectivity index (χ1) is 13.4. The Morgan fingerprint density at radius 2 is 2.07 bits per heavy atom. The van der Waals surface area contributed by atoms with Crippen LogP contribution in [0.15, 0.2) is 29.2 Å². The number of nitrogens with zero attached hydrogens (tertiary/aromatic N) is 2. The lowest BCUT2D eigenvalue weighted by atomic mass is 10.0. The number of rotatable bonds is 8. The standard InChI is InChI=1S/C19H27N3O5S/c1-3-22-19(10-14(2)20-22)21-28(24,25)17-4-5-18(16(11-17)12-23)27-13-15-6-8-26-9-7-15/h4-5,10-11,15,21,23H,3,6-9,12-13H2,1-2H3. The van der Waals surface area contributed by atoms with E-state index in [2.05, 4.69) is 9.82 Å². The van der Waals surface area contributed by atoms with Crippen LogP contribution in [0.3, 0.4) is 0 Å². The fraction of sp³-hybridized carbons (Fsp3) is 0.526. The van der Waals surface area contributed by atoms with Crippen molar-refractivity contribution in [3.8, 4) is 5.75 Å². The molecule has 0 radical (unpaired) electrons. The molecule has 0 saturated carbocycles. The topological polar surface area (TPSA) is 103 Å². The highest BCUT2D eigenvalue weighted by Crippen LogP contribution is 2.26. The van der Waals surface area contributed by atoms with Crippen LogP contribution in [0.4, 0.5) is 5.82 Å². The van der Waals surface area contributed by atoms with Crippen LogP contribution in [0.2, 0.25) is 0 Å². The highest BCUT2D eigenvalue weighted by atomic mass is 32.2. The summed E-state index contributed by atoms with van der Waals surface area (Å²) in [6.45, 7) is 5.92. The molecular weight excluding hydrogens is 382 g/mol. The van der Waals surface area contributed by atoms with Crippen LogP contribution in [-0.2, 0) is 27.9 Å². The summed E-state index contributed by atoms with van der Waals surface area (Å²) in [7, 11) is -3.81. The SMILES string of the molecule is CCn1nc(C)cc1NS(=O)(=O)c1ccc(OCC2CCOCC2)c(CO)c1. The Labute approximate surface area is 165 Å². The summed E-state index contributed by atoms with van der Waals surface area (Å²) >= 11 is 0. The van der Waals surface area contributed by atoms with Crippen molar-refractivity contribution in [2.45, 2.75) is 44.7 Å². The number of aliphatic hydroxyl groups excluding tert-OH is 1. The lowest BCUT2D eigenvalue weighted by Crippen LogP contribution is -2.22. The molecule has 0 spiro atoms. The van der Waals surface area contributed by atoms with Gasteiger partial charge in [0.1, 0.15) is 11.6 Å². The second kappa shape index (κ2) is 8.93. The molecule has 3 rings (SSSR count). The third-order valence-corrected chi connectivity index (χ3v) is 6.12. The summed E-state index contributed by atoms with van der Waals surface area (Å²) in [5, 5.41) is 13.9. The van der Waals surface area contributed by atoms with E-state index in [1.165, 1.54) is 12.1 Å². The second-order valence-electron chi connectivity index (χ2n) is 6.89. The van der Waals surface area contributed by atoms with E-state index in [0.29, 0.717) is 36.2 Å². The van der Waals surface area contributed by atoms with Crippen LogP contribution >= 0.6 is 0 Å². The van der Waals surface area contributed by atoms with Crippen molar-refractivity contribution >= 4 is 15.8 Å². The number of hydrogen-bond acceptors (Lipinski definition) is 6. The molecule has 2 heterocycles. The van der Waals surface area contributed by atoms with Gasteiger partial charge in [0, 0.05) is 31.4 Å². The quantitative estimate of drug-likeness (QED) is 0.694. The molecule has 8 nitrogen and oxygen atoms in total. The minimum atomic E-state index is -3.81. The maximum Gasteiger partial charge on any atom is 0.263 e. The number of aryl methyl sites for hydroxylation is 2. The van der Waals surface area contributed by atoms with Gasteiger partial charge in [-0.25, -0.2) is 13.1 Å². The van der Waals surface area contributed by atoms with Crippen molar-refractivity contribution in [1.29, 1.82) is 0 Å². The number of benzene rings is 1. The van der Waals surface area contributed by atoms with Crippen LogP contribution in [0.5, 0.6) is 5.75 Å². The number of ether oxygens (including phenoxy) is 2. The van der Waals surface area contributed by atoms with E-state index in [1.54, 1.807) is 23.7 Å². The minimum Gasteiger partial charge on any atom is -0.493 e. The Morgan fingerprint density at radius 3 is 2.75 bits per heavy atom. The van der Waals surface area contributed by atoms with E-state index >= 15 is 0 Å². The molecule has 2 aromatic rings. The van der Waals surface area contributed by atoms with Gasteiger partial charge in [-0.2, -0.15) is 5.10 Å². The Hall–Kier alpha value is -2.10. The summed E-state index contributed by atoms with van der Waals surface area (Å²) in [5.74, 6) is 1.32. The van der Waals surface area contributed by atoms with Crippen molar-refractivity contribution in [2.24, 2.45) is 5.92 Å². The average molecular weight is 410 g/mol. The van der Waals surface area contributed by atoms with Crippen LogP contribution in [-0.4, -0.2) is 43.1 Å². The van der Waals surface area contributed by atoms with Crippen LogP contribution in [0.1, 0.15) is 31.0 Å². The summed E-state index contributed by atoms with van der Waals surface area (Å²) in [6, 6.07) is 6.21. The van der Waals surface area contributed by atoms with E-state index in [0.717, 1.165) is 31.7 Å². The lowest BCUT2D eigenvalue weighted by Gasteiger charge is -2.22. The van der Waals surface area contributed by atoms with Gasteiger partial charge in [0.05, 0.1) is 23.8 Å². The molecular formula is C19H27N3O5S. The van der Waals surface area contributed by atoms with Gasteiger partial charge in [-0.05, 0) is 50.8 Å². The van der Waals surface area contributed by atoms with Gasteiger partial charge in [-0.15, -0.1) is 0 Å². The minimum absolute atomic E-state index is 0.0662. The predicted molar refractivity (Wildman–Crippen MR) is 105 cm³/mol. The van der Waals surface area contributed by atoms with Crippen molar-refractivity contribution < 1.29 is 23.0 Å². The molecule has 0 amide bonds. The Morgan fingerprint density at radius 1 is 1.32 bits per heavy atom. The summed E-state index contributed by atoms with van der Waals surface area (Å²) in [6.07, 6.45) is 1.88. The number of nitrogens with one attached hydrogen (secondary N) is 1. The Balaban J connectivity index is 1.75. The lowest BCUT2D eigenvalue weighted by molar-refractivity contribution is 0.0494. The monoisotopic (exact) mass is 409 g/mol. The number of aliphatic hydroxyl groups is 1. The zero-order valence-corrected chi connectivity index (χ0v) is 17.0. The molecule has 0 unspecified atom stereocenters. The van der Waals surface area contributed by atoms with Crippen LogP contribution in [0, 0.1) is 12.8 Å². The van der Waals surface area contributed by atoms with Gasteiger partial charge in [0.2, 0.25) is 0 Å². The normalized spacial score (nSPS) is 15.5. The average Bonchev–Trinajstić information content (AvgIpc) is 3.05. The zero-order chi connectivity index (χ0) is 20.1. The summed E-state index contributed by atoms with van der Waals surface area (Å²) in [5.41, 5.74) is 1.17. The highest BCUT2D eigenvalue weighted by Gasteiger charge is 2.20. The van der Waals surface area contributed by atoms with Gasteiger partial charge in [-0.1, -0.05) is 0 Å². The third kappa shape index (κ3) is 4.84. The second-order valence-corrected chi connectivity index (χ2v) is 8.57. The van der Waals surface area contributed by atoms with Crippen LogP contribution in [0.25, 0.3) is 0 Å². The maximum atomic E-state index is 12.8. The maximum absolute atomic E-state index is 12.8. The molecule has 1 saturated heterocycles. The Kier molecular flexibility index (Phi) is 6.58. The zero-order valence-electron chi connectivity index (χ0n) is 16.2. The molecule has 9 heteroatoms. The molecule has 28 heavy (non-hydrogen) atoms. The molecule has 1 aliphatic rings. The molecule has 0 atom stereocenters. The summed E-state index contributed by atoms with van der Waals surface area (Å²) < 4.78 is 40.9. The van der Waals surface area contributed by atoms with E-state index in [-0.39, 0.29) is 11.5 Å². The molecule has 1 aromatic heterocycles. The first-order valence-corrected chi connectivity index (χ1v) is 10.9. The fourth-order valence-electron chi connectivity index (χ4n) is 3.17. The van der Waals surface area contributed by atoms with Gasteiger partial charge < -0.3 is 14.6 Å². The molecule has 1 aromatic carbocycles. The number of anilines is 1. The van der Waals surface area contributed by atoms with Crippen molar-refractivity contribution in [3.05, 3.63) is 35.5 Å². The number of aromatic nitrogens is 2. The van der Waals surface area contributed by atoms with Gasteiger partial charge >= 0.3 is 0 Å². The van der Waals surface area contributed by atoms with Crippen molar-refractivity contribution in [1.82, 2.24) is 9.78 Å².